The van der Waals surface area contributed by atoms with Crippen molar-refractivity contribution in [2.45, 2.75) is 59.2 Å². The summed E-state index contributed by atoms with van der Waals surface area (Å²) in [5.74, 6) is 3.68. The lowest BCUT2D eigenvalue weighted by Gasteiger charge is -2.14. The van der Waals surface area contributed by atoms with Gasteiger partial charge in [-0.15, -0.1) is 34.2 Å². The first-order valence-corrected chi connectivity index (χ1v) is 10.9. The Balaban J connectivity index is 0.00000341. The van der Waals surface area contributed by atoms with Crippen LogP contribution in [0.25, 0.3) is 0 Å². The van der Waals surface area contributed by atoms with E-state index in [1.165, 1.54) is 19.3 Å². The summed E-state index contributed by atoms with van der Waals surface area (Å²) < 4.78 is 13.2. The van der Waals surface area contributed by atoms with Crippen molar-refractivity contribution < 1.29 is 9.47 Å². The smallest absolute Gasteiger partial charge is 0.191 e. The van der Waals surface area contributed by atoms with Crippen molar-refractivity contribution in [3.05, 3.63) is 41.0 Å². The summed E-state index contributed by atoms with van der Waals surface area (Å²) >= 11 is 0. The van der Waals surface area contributed by atoms with Gasteiger partial charge in [0.25, 0.3) is 0 Å². The number of rotatable bonds is 9. The lowest BCUT2D eigenvalue weighted by Crippen LogP contribution is -2.37. The molecule has 0 atom stereocenters. The molecule has 31 heavy (non-hydrogen) atoms. The number of hydrogen-bond acceptors (Lipinski definition) is 5. The standard InChI is InChI=1S/C22H34N6O2.HI/c1-4-23-22(25-16-21-27-26-20-8-6-5-7-11-28(20)21)24-15-18-10-9-17(2)14-19(18)30-13-12-29-3;/h9-10,14H,4-8,11-13,15-16H2,1-3H3,(H2,23,24,25);1H. The summed E-state index contributed by atoms with van der Waals surface area (Å²) in [5, 5.41) is 15.5. The van der Waals surface area contributed by atoms with E-state index in [2.05, 4.69) is 51.4 Å². The highest BCUT2D eigenvalue weighted by Gasteiger charge is 2.14. The maximum absolute atomic E-state index is 5.89. The number of halogens is 1. The zero-order valence-electron chi connectivity index (χ0n) is 18.8. The minimum atomic E-state index is 0. The average molecular weight is 542 g/mol. The molecule has 3 rings (SSSR count). The first-order valence-electron chi connectivity index (χ1n) is 10.9. The third-order valence-corrected chi connectivity index (χ3v) is 5.12. The molecule has 0 fully saturated rings. The fraction of sp³-hybridized carbons (Fsp3) is 0.591. The molecule has 0 spiro atoms. The molecule has 0 bridgehead atoms. The number of methoxy groups -OCH3 is 1. The molecule has 2 heterocycles. The zero-order valence-corrected chi connectivity index (χ0v) is 21.1. The van der Waals surface area contributed by atoms with Crippen molar-refractivity contribution in [2.24, 2.45) is 4.99 Å². The third kappa shape index (κ3) is 7.64. The normalized spacial score (nSPS) is 13.7. The highest BCUT2D eigenvalue weighted by Crippen LogP contribution is 2.21. The summed E-state index contributed by atoms with van der Waals surface area (Å²) in [6, 6.07) is 6.20. The number of aryl methyl sites for hydroxylation is 2. The van der Waals surface area contributed by atoms with Crippen LogP contribution in [-0.4, -0.2) is 47.6 Å². The molecule has 1 aliphatic heterocycles. The Hall–Kier alpha value is -1.88. The van der Waals surface area contributed by atoms with E-state index in [-0.39, 0.29) is 24.0 Å². The van der Waals surface area contributed by atoms with Gasteiger partial charge in [-0.3, -0.25) is 0 Å². The van der Waals surface area contributed by atoms with Gasteiger partial charge in [0.2, 0.25) is 0 Å². The Morgan fingerprint density at radius 1 is 1.16 bits per heavy atom. The summed E-state index contributed by atoms with van der Waals surface area (Å²) in [4.78, 5) is 4.76. The van der Waals surface area contributed by atoms with E-state index < -0.39 is 0 Å². The van der Waals surface area contributed by atoms with Crippen molar-refractivity contribution in [3.8, 4) is 5.75 Å². The number of aromatic nitrogens is 3. The van der Waals surface area contributed by atoms with Gasteiger partial charge < -0.3 is 24.7 Å². The first-order chi connectivity index (χ1) is 14.7. The molecule has 0 radical (unpaired) electrons. The van der Waals surface area contributed by atoms with Gasteiger partial charge in [-0.2, -0.15) is 0 Å². The van der Waals surface area contributed by atoms with Crippen LogP contribution in [-0.2, 0) is 30.8 Å². The van der Waals surface area contributed by atoms with Crippen LogP contribution in [0, 0.1) is 6.92 Å². The number of fused-ring (bicyclic) bond motifs is 1. The lowest BCUT2D eigenvalue weighted by molar-refractivity contribution is 0.145. The lowest BCUT2D eigenvalue weighted by atomic mass is 10.1. The Morgan fingerprint density at radius 2 is 2.03 bits per heavy atom. The van der Waals surface area contributed by atoms with Crippen molar-refractivity contribution in [1.29, 1.82) is 0 Å². The largest absolute Gasteiger partial charge is 0.491 e. The van der Waals surface area contributed by atoms with Crippen LogP contribution in [0.5, 0.6) is 5.75 Å². The Kier molecular flexibility index (Phi) is 11.1. The number of ether oxygens (including phenoxy) is 2. The molecule has 0 saturated carbocycles. The molecule has 1 aromatic heterocycles. The van der Waals surface area contributed by atoms with E-state index in [9.17, 15) is 0 Å². The number of nitrogens with one attached hydrogen (secondary N) is 2. The molecule has 2 aromatic rings. The molecule has 172 valence electrons. The number of guanidine groups is 1. The third-order valence-electron chi connectivity index (χ3n) is 5.12. The number of nitrogens with zero attached hydrogens (tertiary/aromatic N) is 4. The minimum absolute atomic E-state index is 0. The van der Waals surface area contributed by atoms with Crippen LogP contribution in [0.15, 0.2) is 23.2 Å². The molecule has 8 nitrogen and oxygen atoms in total. The Morgan fingerprint density at radius 3 is 2.84 bits per heavy atom. The van der Waals surface area contributed by atoms with Crippen LogP contribution in [0.3, 0.4) is 0 Å². The fourth-order valence-electron chi connectivity index (χ4n) is 3.51. The monoisotopic (exact) mass is 542 g/mol. The van der Waals surface area contributed by atoms with Crippen molar-refractivity contribution in [3.63, 3.8) is 0 Å². The summed E-state index contributed by atoms with van der Waals surface area (Å²) in [7, 11) is 1.67. The van der Waals surface area contributed by atoms with Gasteiger partial charge in [0.1, 0.15) is 18.2 Å². The first kappa shape index (κ1) is 25.4. The predicted octanol–water partition coefficient (Wildman–Crippen LogP) is 3.21. The van der Waals surface area contributed by atoms with Gasteiger partial charge in [-0.25, -0.2) is 4.99 Å². The zero-order chi connectivity index (χ0) is 21.2. The van der Waals surface area contributed by atoms with Crippen LogP contribution in [0.1, 0.15) is 49.0 Å². The maximum atomic E-state index is 5.89. The molecule has 0 saturated heterocycles. The summed E-state index contributed by atoms with van der Waals surface area (Å²) in [5.41, 5.74) is 2.21. The van der Waals surface area contributed by atoms with E-state index in [0.717, 1.165) is 54.0 Å². The maximum Gasteiger partial charge on any atom is 0.191 e. The van der Waals surface area contributed by atoms with Gasteiger partial charge >= 0.3 is 0 Å². The molecular weight excluding hydrogens is 507 g/mol. The van der Waals surface area contributed by atoms with E-state index >= 15 is 0 Å². The van der Waals surface area contributed by atoms with E-state index in [0.29, 0.717) is 26.3 Å². The van der Waals surface area contributed by atoms with E-state index in [1.807, 2.05) is 6.07 Å². The number of benzene rings is 1. The topological polar surface area (TPSA) is 85.6 Å². The van der Waals surface area contributed by atoms with Gasteiger partial charge in [0.05, 0.1) is 19.7 Å². The second kappa shape index (κ2) is 13.5. The molecule has 0 unspecified atom stereocenters. The van der Waals surface area contributed by atoms with Crippen LogP contribution in [0.2, 0.25) is 0 Å². The Labute approximate surface area is 202 Å². The molecule has 0 aliphatic carbocycles. The molecule has 1 aromatic carbocycles. The van der Waals surface area contributed by atoms with Crippen molar-refractivity contribution >= 4 is 29.9 Å². The summed E-state index contributed by atoms with van der Waals surface area (Å²) in [6.07, 6.45) is 4.65. The minimum Gasteiger partial charge on any atom is -0.491 e. The molecule has 1 aliphatic rings. The molecule has 9 heteroatoms. The second-order valence-electron chi connectivity index (χ2n) is 7.50. The van der Waals surface area contributed by atoms with Gasteiger partial charge in [-0.05, 0) is 38.3 Å². The van der Waals surface area contributed by atoms with Crippen LogP contribution < -0.4 is 15.4 Å². The highest BCUT2D eigenvalue weighted by atomic mass is 127. The Bertz CT molecular complexity index is 839. The fourth-order valence-corrected chi connectivity index (χ4v) is 3.51. The van der Waals surface area contributed by atoms with Crippen LogP contribution >= 0.6 is 24.0 Å². The van der Waals surface area contributed by atoms with Gasteiger partial charge in [-0.1, -0.05) is 18.6 Å². The van der Waals surface area contributed by atoms with Gasteiger partial charge in [0, 0.05) is 32.2 Å². The summed E-state index contributed by atoms with van der Waals surface area (Å²) in [6.45, 7) is 8.11. The molecular formula is C22H35IN6O2. The predicted molar refractivity (Wildman–Crippen MR) is 133 cm³/mol. The molecule has 0 amide bonds. The number of aliphatic imine (C=N–C) groups is 1. The second-order valence-corrected chi connectivity index (χ2v) is 7.50. The van der Waals surface area contributed by atoms with E-state index in [1.54, 1.807) is 7.11 Å². The quantitative estimate of drug-likeness (QED) is 0.219. The molecule has 2 N–H and O–H groups in total. The van der Waals surface area contributed by atoms with E-state index in [4.69, 9.17) is 14.5 Å². The van der Waals surface area contributed by atoms with Crippen molar-refractivity contribution in [1.82, 2.24) is 25.4 Å². The van der Waals surface area contributed by atoms with Crippen LogP contribution in [0.4, 0.5) is 0 Å². The number of hydrogen-bond donors (Lipinski definition) is 2. The highest BCUT2D eigenvalue weighted by molar-refractivity contribution is 14.0. The average Bonchev–Trinajstić information content (AvgIpc) is 2.97. The SMILES string of the molecule is CCNC(=NCc1ccc(C)cc1OCCOC)NCc1nnc2n1CCCCC2.I. The van der Waals surface area contributed by atoms with Crippen molar-refractivity contribution in [2.75, 3.05) is 26.9 Å². The van der Waals surface area contributed by atoms with Gasteiger partial charge in [0.15, 0.2) is 11.8 Å².